The molecule has 2 aliphatic heterocycles. The zero-order valence-electron chi connectivity index (χ0n) is 20.2. The molecule has 8 heteroatoms. The highest BCUT2D eigenvalue weighted by Gasteiger charge is 2.25. The second-order valence-corrected chi connectivity index (χ2v) is 9.85. The molecule has 3 aliphatic rings. The van der Waals surface area contributed by atoms with Gasteiger partial charge in [0.25, 0.3) is 0 Å². The van der Waals surface area contributed by atoms with E-state index in [-0.39, 0.29) is 24.2 Å². The van der Waals surface area contributed by atoms with Crippen molar-refractivity contribution < 1.29 is 19.1 Å². The molecule has 1 aromatic rings. The Morgan fingerprint density at radius 1 is 0.941 bits per heavy atom. The van der Waals surface area contributed by atoms with Gasteiger partial charge in [0.1, 0.15) is 0 Å². The Morgan fingerprint density at radius 3 is 2.41 bits per heavy atom. The summed E-state index contributed by atoms with van der Waals surface area (Å²) in [7, 11) is 0. The number of benzene rings is 1. The Hall–Kier alpha value is -2.32. The van der Waals surface area contributed by atoms with Gasteiger partial charge in [0.05, 0.1) is 19.3 Å². The number of carbonyl (C=O) groups is 2. The number of nitrogens with one attached hydrogen (secondary N) is 3. The topological polar surface area (TPSA) is 91.9 Å². The minimum absolute atomic E-state index is 0.0658. The number of piperidine rings is 1. The van der Waals surface area contributed by atoms with E-state index in [9.17, 15) is 9.59 Å². The molecule has 0 aromatic heterocycles. The van der Waals surface area contributed by atoms with Gasteiger partial charge in [-0.25, -0.2) is 9.59 Å². The van der Waals surface area contributed by atoms with E-state index in [2.05, 4.69) is 16.0 Å². The first-order valence-electron chi connectivity index (χ1n) is 13.1. The monoisotopic (exact) mass is 472 g/mol. The van der Waals surface area contributed by atoms with Crippen LogP contribution in [0.4, 0.5) is 15.3 Å². The summed E-state index contributed by atoms with van der Waals surface area (Å²) in [6.07, 6.45) is 11.0. The molecule has 3 N–H and O–H groups in total. The molecule has 0 radical (unpaired) electrons. The molecule has 0 bridgehead atoms. The quantitative estimate of drug-likeness (QED) is 0.548. The number of urea groups is 2. The number of anilines is 1. The maximum Gasteiger partial charge on any atom is 0.321 e. The summed E-state index contributed by atoms with van der Waals surface area (Å²) in [6, 6.07) is 8.06. The van der Waals surface area contributed by atoms with E-state index in [1.807, 2.05) is 29.2 Å². The highest BCUT2D eigenvalue weighted by molar-refractivity contribution is 5.89. The summed E-state index contributed by atoms with van der Waals surface area (Å²) >= 11 is 0. The van der Waals surface area contributed by atoms with Gasteiger partial charge in [-0.15, -0.1) is 0 Å². The smallest absolute Gasteiger partial charge is 0.321 e. The number of hydrogen-bond acceptors (Lipinski definition) is 4. The van der Waals surface area contributed by atoms with Crippen LogP contribution in [0.5, 0.6) is 0 Å². The maximum atomic E-state index is 12.8. The summed E-state index contributed by atoms with van der Waals surface area (Å²) in [4.78, 5) is 26.9. The minimum Gasteiger partial charge on any atom is -0.376 e. The van der Waals surface area contributed by atoms with Crippen molar-refractivity contribution in [2.75, 3.05) is 31.6 Å². The van der Waals surface area contributed by atoms with Gasteiger partial charge >= 0.3 is 12.1 Å². The second kappa shape index (κ2) is 13.0. The van der Waals surface area contributed by atoms with Crippen molar-refractivity contribution in [3.8, 4) is 0 Å². The van der Waals surface area contributed by atoms with Crippen LogP contribution in [0.25, 0.3) is 0 Å². The number of nitrogens with zero attached hydrogens (tertiary/aromatic N) is 1. The molecule has 8 nitrogen and oxygen atoms in total. The van der Waals surface area contributed by atoms with Crippen molar-refractivity contribution in [1.82, 2.24) is 15.5 Å². The van der Waals surface area contributed by atoms with Crippen LogP contribution in [0.3, 0.4) is 0 Å². The van der Waals surface area contributed by atoms with Crippen molar-refractivity contribution in [2.45, 2.75) is 89.0 Å². The third-order valence-electron chi connectivity index (χ3n) is 7.08. The molecule has 1 aliphatic carbocycles. The van der Waals surface area contributed by atoms with Crippen molar-refractivity contribution in [3.05, 3.63) is 29.8 Å². The molecule has 2 saturated heterocycles. The van der Waals surface area contributed by atoms with Crippen LogP contribution < -0.4 is 16.0 Å². The molecule has 3 fully saturated rings. The average Bonchev–Trinajstić information content (AvgIpc) is 2.86. The lowest BCUT2D eigenvalue weighted by molar-refractivity contribution is -0.0447. The molecule has 2 heterocycles. The summed E-state index contributed by atoms with van der Waals surface area (Å²) in [6.45, 7) is 3.20. The highest BCUT2D eigenvalue weighted by Crippen LogP contribution is 2.19. The Kier molecular flexibility index (Phi) is 9.44. The summed E-state index contributed by atoms with van der Waals surface area (Å²) in [5, 5.41) is 9.21. The SMILES string of the molecule is O=C(NC1CCCCC1)NC1CCN(C(=O)Nc2cccc(COCC3CCCCO3)c2)CC1. The Balaban J connectivity index is 1.15. The first-order chi connectivity index (χ1) is 16.7. The van der Waals surface area contributed by atoms with E-state index >= 15 is 0 Å². The first-order valence-corrected chi connectivity index (χ1v) is 13.1. The first kappa shape index (κ1) is 24.8. The fraction of sp³-hybridized carbons (Fsp3) is 0.692. The lowest BCUT2D eigenvalue weighted by Gasteiger charge is -2.33. The summed E-state index contributed by atoms with van der Waals surface area (Å²) < 4.78 is 11.5. The number of ether oxygens (including phenoxy) is 2. The molecule has 0 spiro atoms. The summed E-state index contributed by atoms with van der Waals surface area (Å²) in [5.74, 6) is 0. The molecule has 1 saturated carbocycles. The predicted octanol–water partition coefficient (Wildman–Crippen LogP) is 4.40. The van der Waals surface area contributed by atoms with Gasteiger partial charge < -0.3 is 30.3 Å². The van der Waals surface area contributed by atoms with Crippen LogP contribution in [0, 0.1) is 0 Å². The van der Waals surface area contributed by atoms with Gasteiger partial charge in [-0.2, -0.15) is 0 Å². The lowest BCUT2D eigenvalue weighted by Crippen LogP contribution is -2.51. The molecule has 1 aromatic carbocycles. The number of carbonyl (C=O) groups excluding carboxylic acids is 2. The average molecular weight is 473 g/mol. The third kappa shape index (κ3) is 7.87. The number of likely N-dealkylation sites (tertiary alicyclic amines) is 1. The van der Waals surface area contributed by atoms with Gasteiger partial charge in [-0.05, 0) is 62.6 Å². The van der Waals surface area contributed by atoms with Crippen LogP contribution in [-0.4, -0.2) is 61.5 Å². The Bertz CT molecular complexity index is 785. The summed E-state index contributed by atoms with van der Waals surface area (Å²) in [5.41, 5.74) is 1.80. The van der Waals surface area contributed by atoms with E-state index in [1.165, 1.54) is 25.7 Å². The molecule has 1 atom stereocenters. The van der Waals surface area contributed by atoms with Crippen LogP contribution in [0.15, 0.2) is 24.3 Å². The maximum absolute atomic E-state index is 12.8. The second-order valence-electron chi connectivity index (χ2n) is 9.85. The molecule has 188 valence electrons. The van der Waals surface area contributed by atoms with Gasteiger partial charge in [-0.1, -0.05) is 31.4 Å². The Labute approximate surface area is 203 Å². The van der Waals surface area contributed by atoms with Crippen LogP contribution >= 0.6 is 0 Å². The van der Waals surface area contributed by atoms with E-state index < -0.39 is 0 Å². The normalized spacial score (nSPS) is 22.2. The molecule has 1 unspecified atom stereocenters. The Morgan fingerprint density at radius 2 is 1.68 bits per heavy atom. The number of hydrogen-bond donors (Lipinski definition) is 3. The number of amides is 4. The molecule has 4 rings (SSSR count). The van der Waals surface area contributed by atoms with Crippen molar-refractivity contribution in [3.63, 3.8) is 0 Å². The zero-order chi connectivity index (χ0) is 23.6. The van der Waals surface area contributed by atoms with Crippen molar-refractivity contribution >= 4 is 17.7 Å². The third-order valence-corrected chi connectivity index (χ3v) is 7.08. The zero-order valence-corrected chi connectivity index (χ0v) is 20.2. The molecular weight excluding hydrogens is 432 g/mol. The van der Waals surface area contributed by atoms with Crippen molar-refractivity contribution in [2.24, 2.45) is 0 Å². The van der Waals surface area contributed by atoms with Gasteiger partial charge in [0.2, 0.25) is 0 Å². The standard InChI is InChI=1S/C26H40N4O4/c31-25(27-21-8-2-1-3-9-21)28-22-12-14-30(15-13-22)26(32)29-23-10-6-7-20(17-23)18-33-19-24-11-4-5-16-34-24/h6-7,10,17,21-22,24H,1-5,8-9,11-16,18-19H2,(H,29,32)(H2,27,28,31). The molecular formula is C26H40N4O4. The lowest BCUT2D eigenvalue weighted by atomic mass is 9.96. The van der Waals surface area contributed by atoms with Gasteiger partial charge in [0, 0.05) is 37.5 Å². The fourth-order valence-electron chi connectivity index (χ4n) is 5.07. The van der Waals surface area contributed by atoms with E-state index in [1.54, 1.807) is 0 Å². The molecule has 4 amide bonds. The minimum atomic E-state index is -0.0984. The van der Waals surface area contributed by atoms with Gasteiger partial charge in [0.15, 0.2) is 0 Å². The van der Waals surface area contributed by atoms with Gasteiger partial charge in [-0.3, -0.25) is 0 Å². The van der Waals surface area contributed by atoms with E-state index in [0.29, 0.717) is 32.3 Å². The van der Waals surface area contributed by atoms with Crippen LogP contribution in [-0.2, 0) is 16.1 Å². The van der Waals surface area contributed by atoms with Crippen molar-refractivity contribution in [1.29, 1.82) is 0 Å². The highest BCUT2D eigenvalue weighted by atomic mass is 16.5. The predicted molar refractivity (Wildman–Crippen MR) is 132 cm³/mol. The van der Waals surface area contributed by atoms with E-state index in [0.717, 1.165) is 56.4 Å². The van der Waals surface area contributed by atoms with Crippen LogP contribution in [0.1, 0.15) is 69.8 Å². The largest absolute Gasteiger partial charge is 0.376 e. The fourth-order valence-corrected chi connectivity index (χ4v) is 5.07. The van der Waals surface area contributed by atoms with E-state index in [4.69, 9.17) is 9.47 Å². The molecule has 34 heavy (non-hydrogen) atoms. The van der Waals surface area contributed by atoms with Crippen LogP contribution in [0.2, 0.25) is 0 Å². The number of rotatable bonds is 7.